The maximum Gasteiger partial charge on any atom is 0.315 e. The molecule has 1 aliphatic carbocycles. The number of aryl methyl sites for hydroxylation is 1. The van der Waals surface area contributed by atoms with E-state index in [2.05, 4.69) is 25.5 Å². The van der Waals surface area contributed by atoms with Crippen molar-refractivity contribution in [3.63, 3.8) is 0 Å². The lowest BCUT2D eigenvalue weighted by Gasteiger charge is -2.09. The molecular weight excluding hydrogens is 361 g/mol. The highest BCUT2D eigenvalue weighted by molar-refractivity contribution is 5.83. The molecule has 28 heavy (non-hydrogen) atoms. The second kappa shape index (κ2) is 7.03. The summed E-state index contributed by atoms with van der Waals surface area (Å²) in [7, 11) is 1.39. The van der Waals surface area contributed by atoms with Crippen LogP contribution in [0.25, 0.3) is 17.0 Å². The Balaban J connectivity index is 1.71. The third-order valence-corrected chi connectivity index (χ3v) is 4.43. The van der Waals surface area contributed by atoms with E-state index in [-0.39, 0.29) is 17.6 Å². The Hall–Kier alpha value is -3.29. The molecule has 2 heterocycles. The van der Waals surface area contributed by atoms with Gasteiger partial charge in [-0.3, -0.25) is 0 Å². The van der Waals surface area contributed by atoms with Crippen molar-refractivity contribution in [1.82, 2.24) is 20.2 Å². The van der Waals surface area contributed by atoms with Gasteiger partial charge in [0.15, 0.2) is 5.82 Å². The van der Waals surface area contributed by atoms with Crippen LogP contribution in [0.15, 0.2) is 28.7 Å². The summed E-state index contributed by atoms with van der Waals surface area (Å²) < 4.78 is 24.8. The fourth-order valence-electron chi connectivity index (χ4n) is 3.11. The average Bonchev–Trinajstić information content (AvgIpc) is 3.29. The van der Waals surface area contributed by atoms with Gasteiger partial charge in [-0.1, -0.05) is 17.2 Å². The molecular formula is C20H20FN5O2. The number of ether oxygens (including phenoxy) is 1. The second-order valence-corrected chi connectivity index (χ2v) is 6.86. The summed E-state index contributed by atoms with van der Waals surface area (Å²) in [5.74, 6) is 0.245. The maximum atomic E-state index is 14.0. The van der Waals surface area contributed by atoms with Gasteiger partial charge in [0.05, 0.1) is 12.8 Å². The molecule has 3 aromatic rings. The molecule has 7 nitrogen and oxygen atoms in total. The van der Waals surface area contributed by atoms with Gasteiger partial charge in [0.1, 0.15) is 0 Å². The van der Waals surface area contributed by atoms with Crippen molar-refractivity contribution in [1.29, 1.82) is 0 Å². The van der Waals surface area contributed by atoms with Gasteiger partial charge in [0.2, 0.25) is 11.7 Å². The highest BCUT2D eigenvalue weighted by Gasteiger charge is 2.22. The Kier molecular flexibility index (Phi) is 4.54. The highest BCUT2D eigenvalue weighted by Crippen LogP contribution is 2.35. The molecule has 144 valence electrons. The number of hydrogen-bond donors (Lipinski definition) is 1. The standard InChI is InChI=1S/C20H20FN5O2/c1-10(2)22-20-26-25-18(28-20)13-6-5-12-7-8-14(15(12)9-13)17-23-11(3)16(21)19(24-17)27-4/h5-6,8-10H,7H2,1-4H3,(H,22,26). The first-order valence-electron chi connectivity index (χ1n) is 8.98. The van der Waals surface area contributed by atoms with E-state index in [1.807, 2.05) is 38.1 Å². The molecule has 1 aliphatic rings. The van der Waals surface area contributed by atoms with Crippen LogP contribution in [0.5, 0.6) is 5.88 Å². The molecule has 0 fully saturated rings. The van der Waals surface area contributed by atoms with Gasteiger partial charge in [-0.25, -0.2) is 4.98 Å². The molecule has 0 bridgehead atoms. The quantitative estimate of drug-likeness (QED) is 0.719. The van der Waals surface area contributed by atoms with Gasteiger partial charge in [0, 0.05) is 17.2 Å². The molecule has 0 saturated heterocycles. The number of allylic oxidation sites excluding steroid dienone is 1. The maximum absolute atomic E-state index is 14.0. The van der Waals surface area contributed by atoms with E-state index >= 15 is 0 Å². The van der Waals surface area contributed by atoms with Gasteiger partial charge in [-0.05, 0) is 50.5 Å². The number of aromatic nitrogens is 4. The molecule has 0 spiro atoms. The summed E-state index contributed by atoms with van der Waals surface area (Å²) in [6.45, 7) is 5.59. The van der Waals surface area contributed by atoms with Crippen molar-refractivity contribution in [2.45, 2.75) is 33.2 Å². The molecule has 0 saturated carbocycles. The van der Waals surface area contributed by atoms with Crippen LogP contribution in [0, 0.1) is 12.7 Å². The minimum Gasteiger partial charge on any atom is -0.479 e. The molecule has 4 rings (SSSR count). The van der Waals surface area contributed by atoms with Crippen molar-refractivity contribution in [3.8, 4) is 17.3 Å². The largest absolute Gasteiger partial charge is 0.479 e. The first-order chi connectivity index (χ1) is 13.5. The van der Waals surface area contributed by atoms with Crippen molar-refractivity contribution in [2.75, 3.05) is 12.4 Å². The van der Waals surface area contributed by atoms with Gasteiger partial charge in [-0.15, -0.1) is 5.10 Å². The monoisotopic (exact) mass is 381 g/mol. The van der Waals surface area contributed by atoms with Gasteiger partial charge in [-0.2, -0.15) is 9.37 Å². The molecule has 8 heteroatoms. The normalized spacial score (nSPS) is 12.9. The smallest absolute Gasteiger partial charge is 0.315 e. The predicted octanol–water partition coefficient (Wildman–Crippen LogP) is 3.79. The van der Waals surface area contributed by atoms with Crippen LogP contribution in [-0.2, 0) is 6.42 Å². The van der Waals surface area contributed by atoms with Gasteiger partial charge >= 0.3 is 6.01 Å². The highest BCUT2D eigenvalue weighted by atomic mass is 19.1. The van der Waals surface area contributed by atoms with Crippen LogP contribution in [0.3, 0.4) is 0 Å². The van der Waals surface area contributed by atoms with E-state index in [0.717, 1.165) is 28.7 Å². The minimum absolute atomic E-state index is 0.0608. The summed E-state index contributed by atoms with van der Waals surface area (Å²) in [6, 6.07) is 6.50. The topological polar surface area (TPSA) is 86.0 Å². The lowest BCUT2D eigenvalue weighted by Crippen LogP contribution is -2.09. The summed E-state index contributed by atoms with van der Waals surface area (Å²) in [4.78, 5) is 8.54. The third kappa shape index (κ3) is 3.21. The summed E-state index contributed by atoms with van der Waals surface area (Å²) in [5, 5.41) is 11.2. The Morgan fingerprint density at radius 2 is 2.04 bits per heavy atom. The first kappa shape index (κ1) is 18.1. The van der Waals surface area contributed by atoms with Crippen LogP contribution >= 0.6 is 0 Å². The number of methoxy groups -OCH3 is 1. The number of nitrogens with one attached hydrogen (secondary N) is 1. The molecule has 1 aromatic carbocycles. The molecule has 2 aromatic heterocycles. The number of anilines is 1. The SMILES string of the molecule is COc1nc(C2=CCc3ccc(-c4nnc(NC(C)C)o4)cc32)nc(C)c1F. The van der Waals surface area contributed by atoms with Gasteiger partial charge in [0.25, 0.3) is 5.88 Å². The Bertz CT molecular complexity index is 1070. The lowest BCUT2D eigenvalue weighted by atomic mass is 10.0. The fraction of sp³-hybridized carbons (Fsp3) is 0.300. The first-order valence-corrected chi connectivity index (χ1v) is 8.98. The Labute approximate surface area is 161 Å². The van der Waals surface area contributed by atoms with Crippen LogP contribution in [0.4, 0.5) is 10.4 Å². The van der Waals surface area contributed by atoms with Crippen LogP contribution < -0.4 is 10.1 Å². The number of rotatable bonds is 5. The fourth-order valence-corrected chi connectivity index (χ4v) is 3.11. The van der Waals surface area contributed by atoms with Crippen molar-refractivity contribution in [3.05, 3.63) is 52.7 Å². The summed E-state index contributed by atoms with van der Waals surface area (Å²) in [5.41, 5.74) is 3.96. The van der Waals surface area contributed by atoms with E-state index in [1.54, 1.807) is 6.92 Å². The van der Waals surface area contributed by atoms with Crippen LogP contribution in [-0.4, -0.2) is 33.3 Å². The predicted molar refractivity (Wildman–Crippen MR) is 103 cm³/mol. The number of benzene rings is 1. The molecule has 0 aliphatic heterocycles. The van der Waals surface area contributed by atoms with Crippen LogP contribution in [0.2, 0.25) is 0 Å². The molecule has 1 N–H and O–H groups in total. The van der Waals surface area contributed by atoms with Crippen molar-refractivity contribution < 1.29 is 13.5 Å². The Morgan fingerprint density at radius 1 is 1.21 bits per heavy atom. The zero-order valence-electron chi connectivity index (χ0n) is 16.1. The zero-order chi connectivity index (χ0) is 19.8. The van der Waals surface area contributed by atoms with E-state index in [1.165, 1.54) is 7.11 Å². The number of nitrogens with zero attached hydrogens (tertiary/aromatic N) is 4. The number of fused-ring (bicyclic) bond motifs is 1. The summed E-state index contributed by atoms with van der Waals surface area (Å²) in [6.07, 6.45) is 2.77. The van der Waals surface area contributed by atoms with E-state index in [9.17, 15) is 4.39 Å². The van der Waals surface area contributed by atoms with E-state index in [4.69, 9.17) is 9.15 Å². The minimum atomic E-state index is -0.546. The Morgan fingerprint density at radius 3 is 2.79 bits per heavy atom. The van der Waals surface area contributed by atoms with Crippen LogP contribution in [0.1, 0.15) is 36.5 Å². The lowest BCUT2D eigenvalue weighted by molar-refractivity contribution is 0.364. The van der Waals surface area contributed by atoms with E-state index < -0.39 is 5.82 Å². The third-order valence-electron chi connectivity index (χ3n) is 4.43. The molecule has 0 amide bonds. The number of hydrogen-bond acceptors (Lipinski definition) is 7. The second-order valence-electron chi connectivity index (χ2n) is 6.86. The molecule has 0 radical (unpaired) electrons. The van der Waals surface area contributed by atoms with Crippen molar-refractivity contribution in [2.24, 2.45) is 0 Å². The molecule has 0 atom stereocenters. The molecule has 0 unspecified atom stereocenters. The zero-order valence-corrected chi connectivity index (χ0v) is 16.1. The van der Waals surface area contributed by atoms with E-state index in [0.29, 0.717) is 17.7 Å². The van der Waals surface area contributed by atoms with Crippen molar-refractivity contribution >= 4 is 11.6 Å². The number of halogens is 1. The average molecular weight is 381 g/mol. The van der Waals surface area contributed by atoms with Gasteiger partial charge < -0.3 is 14.5 Å². The summed E-state index contributed by atoms with van der Waals surface area (Å²) >= 11 is 0.